The Morgan fingerprint density at radius 2 is 0.712 bits per heavy atom. The summed E-state index contributed by atoms with van der Waals surface area (Å²) in [5, 5.41) is 24.6. The van der Waals surface area contributed by atoms with Crippen LogP contribution in [0.3, 0.4) is 0 Å². The van der Waals surface area contributed by atoms with Gasteiger partial charge in [0.05, 0.1) is 23.3 Å². The Hall–Kier alpha value is -6.82. The molecule has 0 atom stereocenters. The van der Waals surface area contributed by atoms with Gasteiger partial charge in [0.15, 0.2) is 0 Å². The summed E-state index contributed by atoms with van der Waals surface area (Å²) in [6, 6.07) is 23.7. The molecule has 0 radical (unpaired) electrons. The van der Waals surface area contributed by atoms with Crippen LogP contribution in [0.1, 0.15) is 99.0 Å². The number of imide groups is 2. The molecule has 0 bridgehead atoms. The van der Waals surface area contributed by atoms with Gasteiger partial charge in [-0.15, -0.1) is 0 Å². The quantitative estimate of drug-likeness (QED) is 0.109. The van der Waals surface area contributed by atoms with E-state index in [2.05, 4.69) is 42.4 Å². The maximum atomic E-state index is 13.9. The largest absolute Gasteiger partial charge is 0.352 e. The van der Waals surface area contributed by atoms with Crippen LogP contribution < -0.4 is 10.6 Å². The summed E-state index contributed by atoms with van der Waals surface area (Å²) >= 11 is 0. The summed E-state index contributed by atoms with van der Waals surface area (Å²) in [6.45, 7) is 11.8. The summed E-state index contributed by atoms with van der Waals surface area (Å²) in [7, 11) is 0. The van der Waals surface area contributed by atoms with Crippen molar-refractivity contribution in [3.05, 3.63) is 117 Å². The monoisotopic (exact) mass is 890 g/mol. The molecule has 2 fully saturated rings. The lowest BCUT2D eigenvalue weighted by Gasteiger charge is -2.36. The summed E-state index contributed by atoms with van der Waals surface area (Å²) < 4.78 is 0. The lowest BCUT2D eigenvalue weighted by molar-refractivity contribution is 0.0576. The molecule has 4 aromatic carbocycles. The lowest BCUT2D eigenvalue weighted by atomic mass is 9.86. The number of carbonyl (C=O) groups is 6. The van der Waals surface area contributed by atoms with E-state index in [0.29, 0.717) is 81.2 Å². The van der Waals surface area contributed by atoms with Gasteiger partial charge in [0.2, 0.25) is 0 Å². The molecule has 2 N–H and O–H groups in total. The average molecular weight is 891 g/mol. The Kier molecular flexibility index (Phi) is 14.6. The third-order valence-corrected chi connectivity index (χ3v) is 13.1. The molecule has 0 aromatic heterocycles. The van der Waals surface area contributed by atoms with Crippen LogP contribution in [0.4, 0.5) is 0 Å². The molecule has 0 saturated carbocycles. The number of piperazine rings is 2. The molecule has 6 amide bonds. The highest BCUT2D eigenvalue weighted by Crippen LogP contribution is 2.38. The zero-order valence-electron chi connectivity index (χ0n) is 37.1. The van der Waals surface area contributed by atoms with Crippen molar-refractivity contribution in [2.75, 3.05) is 105 Å². The van der Waals surface area contributed by atoms with Crippen LogP contribution in [0.15, 0.2) is 72.8 Å². The third-order valence-electron chi connectivity index (χ3n) is 13.1. The van der Waals surface area contributed by atoms with Crippen LogP contribution in [-0.4, -0.2) is 170 Å². The standard InChI is InChI=1S/C50H54N10O6/c51-33-35-5-9-37(10-6-35)45(61)53-17-1-19-55-25-29-57(30-26-55)21-3-23-59-47(63)39-13-15-41-44-42(16-14-40(43(39)44)48(59)64)50(66)60(49(41)65)24-4-22-58-31-27-56(28-32-58)20-2-18-54-46(62)38-11-7-36(34-52)8-12-38/h5-16H,1-4,17-32H2,(H,53,61)(H,54,62). The van der Waals surface area contributed by atoms with Crippen LogP contribution in [0.5, 0.6) is 0 Å². The fourth-order valence-electron chi connectivity index (χ4n) is 9.36. The van der Waals surface area contributed by atoms with Crippen molar-refractivity contribution in [2.24, 2.45) is 0 Å². The minimum atomic E-state index is -0.416. The van der Waals surface area contributed by atoms with Crippen molar-refractivity contribution in [1.82, 2.24) is 40.0 Å². The Bertz CT molecular complexity index is 2340. The number of hydrogen-bond acceptors (Lipinski definition) is 12. The minimum absolute atomic E-state index is 0.155. The van der Waals surface area contributed by atoms with E-state index in [1.165, 1.54) is 9.80 Å². The number of benzene rings is 4. The summed E-state index contributed by atoms with van der Waals surface area (Å²) in [6.07, 6.45) is 2.85. The van der Waals surface area contributed by atoms with Crippen molar-refractivity contribution < 1.29 is 28.8 Å². The fraction of sp³-hybridized carbons (Fsp3) is 0.400. The molecular weight excluding hydrogens is 837 g/mol. The molecule has 66 heavy (non-hydrogen) atoms. The van der Waals surface area contributed by atoms with E-state index in [-0.39, 0.29) is 24.9 Å². The van der Waals surface area contributed by atoms with Gasteiger partial charge >= 0.3 is 0 Å². The van der Waals surface area contributed by atoms with Gasteiger partial charge in [-0.25, -0.2) is 0 Å². The summed E-state index contributed by atoms with van der Waals surface area (Å²) in [5.41, 5.74) is 3.40. The lowest BCUT2D eigenvalue weighted by Crippen LogP contribution is -2.48. The molecule has 16 heteroatoms. The van der Waals surface area contributed by atoms with Gasteiger partial charge in [0, 0.05) is 123 Å². The second-order valence-electron chi connectivity index (χ2n) is 17.3. The summed E-state index contributed by atoms with van der Waals surface area (Å²) in [4.78, 5) is 92.3. The number of amides is 6. The van der Waals surface area contributed by atoms with Gasteiger partial charge in [0.1, 0.15) is 0 Å². The second kappa shape index (κ2) is 21.0. The zero-order valence-corrected chi connectivity index (χ0v) is 37.1. The van der Waals surface area contributed by atoms with Crippen molar-refractivity contribution in [3.8, 4) is 12.1 Å². The highest BCUT2D eigenvalue weighted by Gasteiger charge is 2.39. The number of nitrogens with one attached hydrogen (secondary N) is 2. The normalized spacial score (nSPS) is 16.9. The molecule has 2 saturated heterocycles. The molecule has 4 heterocycles. The van der Waals surface area contributed by atoms with E-state index >= 15 is 0 Å². The van der Waals surface area contributed by atoms with E-state index in [9.17, 15) is 28.8 Å². The van der Waals surface area contributed by atoms with Crippen molar-refractivity contribution in [1.29, 1.82) is 10.5 Å². The molecule has 4 aromatic rings. The maximum absolute atomic E-state index is 13.9. The first kappa shape index (κ1) is 45.7. The van der Waals surface area contributed by atoms with Gasteiger partial charge in [0.25, 0.3) is 35.4 Å². The predicted molar refractivity (Wildman–Crippen MR) is 246 cm³/mol. The first-order valence-corrected chi connectivity index (χ1v) is 22.9. The van der Waals surface area contributed by atoms with Crippen LogP contribution >= 0.6 is 0 Å². The average Bonchev–Trinajstić information content (AvgIpc) is 3.35. The van der Waals surface area contributed by atoms with Crippen molar-refractivity contribution in [3.63, 3.8) is 0 Å². The van der Waals surface area contributed by atoms with Gasteiger partial charge < -0.3 is 30.2 Å². The number of carbonyl (C=O) groups excluding carboxylic acids is 6. The highest BCUT2D eigenvalue weighted by atomic mass is 16.2. The van der Waals surface area contributed by atoms with E-state index in [1.54, 1.807) is 72.8 Å². The smallest absolute Gasteiger partial charge is 0.261 e. The predicted octanol–water partition coefficient (Wildman–Crippen LogP) is 3.43. The van der Waals surface area contributed by atoms with Crippen molar-refractivity contribution >= 4 is 46.2 Å². The third kappa shape index (κ3) is 10.2. The molecule has 4 aliphatic rings. The minimum Gasteiger partial charge on any atom is -0.352 e. The number of nitriles is 2. The van der Waals surface area contributed by atoms with Gasteiger partial charge in [-0.1, -0.05) is 0 Å². The van der Waals surface area contributed by atoms with Crippen molar-refractivity contribution in [2.45, 2.75) is 25.7 Å². The topological polar surface area (TPSA) is 193 Å². The zero-order chi connectivity index (χ0) is 46.2. The number of rotatable bonds is 18. The van der Waals surface area contributed by atoms with E-state index < -0.39 is 23.6 Å². The highest BCUT2D eigenvalue weighted by molar-refractivity contribution is 6.33. The number of hydrogen-bond donors (Lipinski definition) is 2. The van der Waals surface area contributed by atoms with E-state index in [1.807, 2.05) is 0 Å². The molecule has 0 unspecified atom stereocenters. The van der Waals surface area contributed by atoms with Gasteiger partial charge in [-0.2, -0.15) is 10.5 Å². The first-order chi connectivity index (χ1) is 32.1. The van der Waals surface area contributed by atoms with E-state index in [0.717, 1.165) is 91.4 Å². The Morgan fingerprint density at radius 1 is 0.424 bits per heavy atom. The SMILES string of the molecule is N#Cc1ccc(C(=O)NCCCN2CCN(CCCN3C(=O)c4ccc5c6c(ccc(c46)C3=O)C(=O)N(CCCN3CCN(CCCNC(=O)c4ccc(C#N)cc4)CC3)C5=O)CC2)cc1. The fourth-order valence-corrected chi connectivity index (χ4v) is 9.36. The van der Waals surface area contributed by atoms with Crippen LogP contribution in [0, 0.1) is 22.7 Å². The van der Waals surface area contributed by atoms with Crippen LogP contribution in [0.2, 0.25) is 0 Å². The maximum Gasteiger partial charge on any atom is 0.261 e. The van der Waals surface area contributed by atoms with E-state index in [4.69, 9.17) is 10.5 Å². The molecule has 340 valence electrons. The van der Waals surface area contributed by atoms with Gasteiger partial charge in [-0.05, 0) is 125 Å². The summed E-state index contributed by atoms with van der Waals surface area (Å²) in [5.74, 6) is -1.97. The molecule has 8 rings (SSSR count). The Balaban J connectivity index is 0.751. The molecule has 0 spiro atoms. The van der Waals surface area contributed by atoms with Gasteiger partial charge in [-0.3, -0.25) is 38.6 Å². The van der Waals surface area contributed by atoms with Crippen LogP contribution in [0.25, 0.3) is 10.8 Å². The molecular formula is C50H54N10O6. The Morgan fingerprint density at radius 3 is 1.00 bits per heavy atom. The molecule has 0 aliphatic carbocycles. The molecule has 16 nitrogen and oxygen atoms in total. The van der Waals surface area contributed by atoms with Crippen LogP contribution in [-0.2, 0) is 0 Å². The first-order valence-electron chi connectivity index (χ1n) is 22.9. The molecule has 4 aliphatic heterocycles. The Labute approximate surface area is 384 Å². The second-order valence-corrected chi connectivity index (χ2v) is 17.3. The number of nitrogens with zero attached hydrogens (tertiary/aromatic N) is 8.